The van der Waals surface area contributed by atoms with E-state index in [4.69, 9.17) is 9.84 Å². The van der Waals surface area contributed by atoms with Crippen LogP contribution in [0.3, 0.4) is 0 Å². The fourth-order valence-electron chi connectivity index (χ4n) is 2.08. The summed E-state index contributed by atoms with van der Waals surface area (Å²) in [6.45, 7) is 8.97. The van der Waals surface area contributed by atoms with Gasteiger partial charge in [-0.15, -0.1) is 0 Å². The highest BCUT2D eigenvalue weighted by Gasteiger charge is 2.09. The van der Waals surface area contributed by atoms with Crippen LogP contribution >= 0.6 is 0 Å². The average molecular weight is 264 g/mol. The van der Waals surface area contributed by atoms with Gasteiger partial charge in [0.2, 0.25) is 0 Å². The third-order valence-electron chi connectivity index (χ3n) is 3.20. The van der Waals surface area contributed by atoms with Gasteiger partial charge in [-0.1, -0.05) is 45.9 Å². The Morgan fingerprint density at radius 3 is 2.42 bits per heavy atom. The molecular formula is C16H24O3. The second-order valence-corrected chi connectivity index (χ2v) is 5.46. The zero-order chi connectivity index (χ0) is 14.4. The number of carboxylic acids is 1. The topological polar surface area (TPSA) is 46.5 Å². The van der Waals surface area contributed by atoms with Gasteiger partial charge >= 0.3 is 5.97 Å². The molecule has 3 heteroatoms. The largest absolute Gasteiger partial charge is 0.480 e. The van der Waals surface area contributed by atoms with E-state index in [0.29, 0.717) is 18.4 Å². The Hall–Kier alpha value is -1.35. The number of hydrogen-bond donors (Lipinski definition) is 1. The number of carbonyl (C=O) groups is 1. The minimum atomic E-state index is -0.917. The lowest BCUT2D eigenvalue weighted by atomic mass is 9.90. The lowest BCUT2D eigenvalue weighted by Crippen LogP contribution is -2.10. The van der Waals surface area contributed by atoms with Crippen LogP contribution in [0.5, 0.6) is 0 Å². The Labute approximate surface area is 115 Å². The summed E-state index contributed by atoms with van der Waals surface area (Å²) >= 11 is 0. The Morgan fingerprint density at radius 1 is 1.21 bits per heavy atom. The molecule has 0 atom stereocenters. The molecule has 0 saturated carbocycles. The van der Waals surface area contributed by atoms with Gasteiger partial charge in [-0.3, -0.25) is 0 Å². The zero-order valence-electron chi connectivity index (χ0n) is 12.3. The molecule has 106 valence electrons. The first-order valence-electron chi connectivity index (χ1n) is 6.84. The Balaban J connectivity index is 2.74. The van der Waals surface area contributed by atoms with Crippen LogP contribution in [0.4, 0.5) is 0 Å². The number of aliphatic carboxylic acids is 1. The maximum Gasteiger partial charge on any atom is 0.329 e. The van der Waals surface area contributed by atoms with Crippen molar-refractivity contribution >= 4 is 5.97 Å². The highest BCUT2D eigenvalue weighted by Crippen LogP contribution is 2.25. The molecule has 1 aromatic rings. The minimum Gasteiger partial charge on any atom is -0.480 e. The van der Waals surface area contributed by atoms with Crippen LogP contribution in [0.2, 0.25) is 0 Å². The van der Waals surface area contributed by atoms with Gasteiger partial charge in [0.25, 0.3) is 0 Å². The molecule has 3 nitrogen and oxygen atoms in total. The van der Waals surface area contributed by atoms with E-state index in [9.17, 15) is 4.79 Å². The van der Waals surface area contributed by atoms with Crippen molar-refractivity contribution < 1.29 is 14.6 Å². The molecule has 0 aliphatic carbocycles. The molecule has 0 heterocycles. The van der Waals surface area contributed by atoms with Crippen molar-refractivity contribution in [1.82, 2.24) is 0 Å². The molecule has 0 aliphatic rings. The summed E-state index contributed by atoms with van der Waals surface area (Å²) < 4.78 is 5.11. The van der Waals surface area contributed by atoms with Crippen LogP contribution in [0.25, 0.3) is 0 Å². The summed E-state index contributed by atoms with van der Waals surface area (Å²) in [5.74, 6) is 0.0715. The van der Waals surface area contributed by atoms with Crippen molar-refractivity contribution in [2.45, 2.75) is 46.0 Å². The van der Waals surface area contributed by atoms with Gasteiger partial charge in [0.15, 0.2) is 0 Å². The van der Waals surface area contributed by atoms with Crippen LogP contribution in [0.15, 0.2) is 18.2 Å². The number of ether oxygens (including phenoxy) is 1. The summed E-state index contributed by atoms with van der Waals surface area (Å²) in [5, 5.41) is 8.53. The van der Waals surface area contributed by atoms with E-state index in [1.807, 2.05) is 0 Å². The number of carboxylic acid groups (broad SMARTS) is 1. The third-order valence-corrected chi connectivity index (χ3v) is 3.20. The van der Waals surface area contributed by atoms with Crippen LogP contribution in [0.1, 0.15) is 56.2 Å². The van der Waals surface area contributed by atoms with Crippen molar-refractivity contribution in [2.24, 2.45) is 0 Å². The van der Waals surface area contributed by atoms with Crippen LogP contribution in [0, 0.1) is 0 Å². The second kappa shape index (κ2) is 7.29. The zero-order valence-corrected chi connectivity index (χ0v) is 12.3. The number of benzene rings is 1. The number of rotatable bonds is 7. The Kier molecular flexibility index (Phi) is 6.03. The molecule has 19 heavy (non-hydrogen) atoms. The monoisotopic (exact) mass is 264 g/mol. The van der Waals surface area contributed by atoms with Crippen molar-refractivity contribution in [3.63, 3.8) is 0 Å². The Morgan fingerprint density at radius 2 is 1.89 bits per heavy atom. The van der Waals surface area contributed by atoms with E-state index >= 15 is 0 Å². The van der Waals surface area contributed by atoms with Gasteiger partial charge in [0, 0.05) is 0 Å². The van der Waals surface area contributed by atoms with Gasteiger partial charge < -0.3 is 9.84 Å². The maximum atomic E-state index is 10.4. The van der Waals surface area contributed by atoms with Gasteiger partial charge in [0.05, 0.1) is 6.61 Å². The molecule has 0 aliphatic heterocycles. The van der Waals surface area contributed by atoms with E-state index in [-0.39, 0.29) is 6.61 Å². The van der Waals surface area contributed by atoms with Crippen LogP contribution in [-0.4, -0.2) is 24.3 Å². The molecular weight excluding hydrogens is 240 g/mol. The maximum absolute atomic E-state index is 10.4. The van der Waals surface area contributed by atoms with Gasteiger partial charge in [-0.25, -0.2) is 4.79 Å². The fraction of sp³-hybridized carbons (Fsp3) is 0.562. The standard InChI is InChI=1S/C16H24O3/c1-11(2)14-6-5-13(15(9-14)12(3)4)7-8-19-10-16(17)18/h5-6,9,11-12H,7-8,10H2,1-4H3,(H,17,18). The van der Waals surface area contributed by atoms with Gasteiger partial charge in [0.1, 0.15) is 6.61 Å². The third kappa shape index (κ3) is 5.03. The molecule has 0 saturated heterocycles. The second-order valence-electron chi connectivity index (χ2n) is 5.46. The highest BCUT2D eigenvalue weighted by molar-refractivity contribution is 5.67. The van der Waals surface area contributed by atoms with E-state index in [1.54, 1.807) is 0 Å². The first-order chi connectivity index (χ1) is 8.91. The molecule has 1 rings (SSSR count). The summed E-state index contributed by atoms with van der Waals surface area (Å²) in [7, 11) is 0. The van der Waals surface area contributed by atoms with Gasteiger partial charge in [-0.2, -0.15) is 0 Å². The van der Waals surface area contributed by atoms with E-state index < -0.39 is 5.97 Å². The predicted molar refractivity (Wildman–Crippen MR) is 76.8 cm³/mol. The molecule has 0 radical (unpaired) electrons. The van der Waals surface area contributed by atoms with E-state index in [2.05, 4.69) is 45.9 Å². The molecule has 0 bridgehead atoms. The van der Waals surface area contributed by atoms with E-state index in [1.165, 1.54) is 16.7 Å². The molecule has 0 aromatic heterocycles. The normalized spacial score (nSPS) is 11.3. The quantitative estimate of drug-likeness (QED) is 0.766. The smallest absolute Gasteiger partial charge is 0.329 e. The van der Waals surface area contributed by atoms with Gasteiger partial charge in [-0.05, 0) is 34.9 Å². The Bertz CT molecular complexity index is 422. The minimum absolute atomic E-state index is 0.221. The molecule has 1 aromatic carbocycles. The SMILES string of the molecule is CC(C)c1ccc(CCOCC(=O)O)c(C(C)C)c1. The van der Waals surface area contributed by atoms with E-state index in [0.717, 1.165) is 6.42 Å². The summed E-state index contributed by atoms with van der Waals surface area (Å²) in [5.41, 5.74) is 3.94. The summed E-state index contributed by atoms with van der Waals surface area (Å²) in [4.78, 5) is 10.4. The molecule has 0 unspecified atom stereocenters. The number of hydrogen-bond acceptors (Lipinski definition) is 2. The van der Waals surface area contributed by atoms with Crippen molar-refractivity contribution in [2.75, 3.05) is 13.2 Å². The lowest BCUT2D eigenvalue weighted by Gasteiger charge is -2.16. The van der Waals surface area contributed by atoms with Crippen LogP contribution in [-0.2, 0) is 16.0 Å². The fourth-order valence-corrected chi connectivity index (χ4v) is 2.08. The summed E-state index contributed by atoms with van der Waals surface area (Å²) in [6, 6.07) is 6.57. The lowest BCUT2D eigenvalue weighted by molar-refractivity contribution is -0.142. The molecule has 0 spiro atoms. The van der Waals surface area contributed by atoms with Crippen molar-refractivity contribution in [1.29, 1.82) is 0 Å². The molecule has 1 N–H and O–H groups in total. The predicted octanol–water partition coefficient (Wildman–Crippen LogP) is 3.58. The van der Waals surface area contributed by atoms with Crippen molar-refractivity contribution in [3.05, 3.63) is 34.9 Å². The summed E-state index contributed by atoms with van der Waals surface area (Å²) in [6.07, 6.45) is 0.763. The highest BCUT2D eigenvalue weighted by atomic mass is 16.5. The average Bonchev–Trinajstić information content (AvgIpc) is 2.34. The molecule has 0 fully saturated rings. The van der Waals surface area contributed by atoms with Crippen molar-refractivity contribution in [3.8, 4) is 0 Å². The first-order valence-corrected chi connectivity index (χ1v) is 6.84. The van der Waals surface area contributed by atoms with Crippen LogP contribution < -0.4 is 0 Å². The first kappa shape index (κ1) is 15.7. The molecule has 0 amide bonds.